The second-order valence-corrected chi connectivity index (χ2v) is 7.22. The molecule has 1 N–H and O–H groups in total. The summed E-state index contributed by atoms with van der Waals surface area (Å²) in [4.78, 5) is 12.4. The molecular formula is C15H28N2O. The van der Waals surface area contributed by atoms with E-state index in [4.69, 9.17) is 0 Å². The Morgan fingerprint density at radius 1 is 1.11 bits per heavy atom. The van der Waals surface area contributed by atoms with Crippen LogP contribution in [-0.2, 0) is 4.79 Å². The van der Waals surface area contributed by atoms with E-state index in [1.807, 2.05) is 5.01 Å². The van der Waals surface area contributed by atoms with Crippen LogP contribution >= 0.6 is 0 Å². The van der Waals surface area contributed by atoms with Crippen molar-refractivity contribution in [3.05, 3.63) is 11.1 Å². The summed E-state index contributed by atoms with van der Waals surface area (Å²) in [6.45, 7) is 16.8. The Hall–Kier alpha value is -0.830. The van der Waals surface area contributed by atoms with Gasteiger partial charge in [0.1, 0.15) is 0 Å². The third-order valence-electron chi connectivity index (χ3n) is 3.29. The summed E-state index contributed by atoms with van der Waals surface area (Å²) in [6.07, 6.45) is 1.04. The van der Waals surface area contributed by atoms with E-state index in [-0.39, 0.29) is 16.7 Å². The fraction of sp³-hybridized carbons (Fsp3) is 0.800. The van der Waals surface area contributed by atoms with E-state index < -0.39 is 0 Å². The molecule has 0 fully saturated rings. The van der Waals surface area contributed by atoms with E-state index in [1.54, 1.807) is 0 Å². The topological polar surface area (TPSA) is 32.3 Å². The molecule has 0 bridgehead atoms. The van der Waals surface area contributed by atoms with Gasteiger partial charge in [0.25, 0.3) is 5.91 Å². The summed E-state index contributed by atoms with van der Waals surface area (Å²) in [5.74, 6) is 0.0760. The Labute approximate surface area is 112 Å². The number of carbonyl (C=O) groups is 1. The number of rotatable bonds is 2. The van der Waals surface area contributed by atoms with Crippen molar-refractivity contribution in [2.45, 2.75) is 54.9 Å². The highest BCUT2D eigenvalue weighted by Crippen LogP contribution is 2.38. The summed E-state index contributed by atoms with van der Waals surface area (Å²) < 4.78 is 0. The number of nitrogens with one attached hydrogen (secondary N) is 1. The molecule has 0 saturated heterocycles. The fourth-order valence-corrected chi connectivity index (χ4v) is 2.46. The predicted molar refractivity (Wildman–Crippen MR) is 75.9 cm³/mol. The third kappa shape index (κ3) is 3.35. The second-order valence-electron chi connectivity index (χ2n) is 7.22. The molecule has 0 aromatic heterocycles. The first-order valence-electron chi connectivity index (χ1n) is 6.87. The largest absolute Gasteiger partial charge is 0.285 e. The SMILES string of the molecule is CCCN1CC(C(C)(C)C)=C(C(C)(C)C)C(=O)N1. The summed E-state index contributed by atoms with van der Waals surface area (Å²) in [6, 6.07) is 0. The molecule has 0 atom stereocenters. The Kier molecular flexibility index (Phi) is 4.26. The molecular weight excluding hydrogens is 224 g/mol. The van der Waals surface area contributed by atoms with Crippen molar-refractivity contribution in [3.63, 3.8) is 0 Å². The number of hydrazine groups is 1. The first kappa shape index (κ1) is 15.2. The van der Waals surface area contributed by atoms with Crippen LogP contribution in [0.2, 0.25) is 0 Å². The van der Waals surface area contributed by atoms with Crippen LogP contribution in [0.3, 0.4) is 0 Å². The van der Waals surface area contributed by atoms with Crippen molar-refractivity contribution in [1.29, 1.82) is 0 Å². The van der Waals surface area contributed by atoms with Crippen LogP contribution in [-0.4, -0.2) is 24.0 Å². The van der Waals surface area contributed by atoms with E-state index in [9.17, 15) is 4.79 Å². The second kappa shape index (κ2) is 5.04. The van der Waals surface area contributed by atoms with Gasteiger partial charge in [0.2, 0.25) is 0 Å². The van der Waals surface area contributed by atoms with Gasteiger partial charge in [0.15, 0.2) is 0 Å². The average molecular weight is 252 g/mol. The molecule has 0 aromatic carbocycles. The smallest absolute Gasteiger partial charge is 0.262 e. The van der Waals surface area contributed by atoms with Crippen LogP contribution in [0.15, 0.2) is 11.1 Å². The summed E-state index contributed by atoms with van der Waals surface area (Å²) in [7, 11) is 0. The zero-order valence-corrected chi connectivity index (χ0v) is 13.0. The van der Waals surface area contributed by atoms with Gasteiger partial charge in [-0.15, -0.1) is 0 Å². The van der Waals surface area contributed by atoms with Crippen LogP contribution < -0.4 is 5.43 Å². The first-order valence-corrected chi connectivity index (χ1v) is 6.87. The van der Waals surface area contributed by atoms with E-state index in [0.29, 0.717) is 0 Å². The van der Waals surface area contributed by atoms with Crippen molar-refractivity contribution in [3.8, 4) is 0 Å². The zero-order valence-electron chi connectivity index (χ0n) is 13.0. The molecule has 18 heavy (non-hydrogen) atoms. The van der Waals surface area contributed by atoms with Crippen LogP contribution in [0, 0.1) is 10.8 Å². The highest BCUT2D eigenvalue weighted by molar-refractivity contribution is 5.96. The molecule has 1 aliphatic rings. The fourth-order valence-electron chi connectivity index (χ4n) is 2.46. The van der Waals surface area contributed by atoms with Crippen molar-refractivity contribution in [2.24, 2.45) is 10.8 Å². The number of hydrogen-bond acceptors (Lipinski definition) is 2. The molecule has 104 valence electrons. The van der Waals surface area contributed by atoms with Gasteiger partial charge in [-0.25, -0.2) is 5.01 Å². The van der Waals surface area contributed by atoms with Crippen molar-refractivity contribution < 1.29 is 4.79 Å². The van der Waals surface area contributed by atoms with Crippen LogP contribution in [0.25, 0.3) is 0 Å². The van der Waals surface area contributed by atoms with Gasteiger partial charge in [-0.2, -0.15) is 0 Å². The molecule has 0 saturated carbocycles. The molecule has 0 radical (unpaired) electrons. The molecule has 0 aromatic rings. The lowest BCUT2D eigenvalue weighted by atomic mass is 9.74. The normalized spacial score (nSPS) is 19.2. The van der Waals surface area contributed by atoms with Crippen molar-refractivity contribution in [2.75, 3.05) is 13.1 Å². The van der Waals surface area contributed by atoms with E-state index in [2.05, 4.69) is 53.9 Å². The summed E-state index contributed by atoms with van der Waals surface area (Å²) in [5, 5.41) is 2.04. The van der Waals surface area contributed by atoms with Gasteiger partial charge in [-0.3, -0.25) is 10.2 Å². The highest BCUT2D eigenvalue weighted by Gasteiger charge is 2.36. The number of nitrogens with zero attached hydrogens (tertiary/aromatic N) is 1. The average Bonchev–Trinajstić information content (AvgIpc) is 2.13. The predicted octanol–water partition coefficient (Wildman–Crippen LogP) is 3.13. The molecule has 1 aliphatic heterocycles. The maximum atomic E-state index is 12.4. The monoisotopic (exact) mass is 252 g/mol. The minimum atomic E-state index is -0.106. The van der Waals surface area contributed by atoms with Crippen LogP contribution in [0.4, 0.5) is 0 Å². The molecule has 0 aliphatic carbocycles. The van der Waals surface area contributed by atoms with Gasteiger partial charge in [-0.05, 0) is 22.8 Å². The Morgan fingerprint density at radius 2 is 1.67 bits per heavy atom. The van der Waals surface area contributed by atoms with Gasteiger partial charge < -0.3 is 0 Å². The van der Waals surface area contributed by atoms with Gasteiger partial charge in [-0.1, -0.05) is 48.5 Å². The van der Waals surface area contributed by atoms with Crippen LogP contribution in [0.1, 0.15) is 54.9 Å². The Bertz CT molecular complexity index is 356. The quantitative estimate of drug-likeness (QED) is 0.819. The number of carbonyl (C=O) groups excluding carboxylic acids is 1. The Balaban J connectivity index is 3.23. The van der Waals surface area contributed by atoms with Crippen molar-refractivity contribution in [1.82, 2.24) is 10.4 Å². The van der Waals surface area contributed by atoms with Crippen molar-refractivity contribution >= 4 is 5.91 Å². The lowest BCUT2D eigenvalue weighted by Gasteiger charge is -2.40. The van der Waals surface area contributed by atoms with E-state index in [1.165, 1.54) is 5.57 Å². The molecule has 3 heteroatoms. The lowest BCUT2D eigenvalue weighted by molar-refractivity contribution is -0.124. The zero-order chi connectivity index (χ0) is 14.1. The minimum absolute atomic E-state index is 0.0341. The maximum absolute atomic E-state index is 12.4. The molecule has 0 spiro atoms. The lowest BCUT2D eigenvalue weighted by Crippen LogP contribution is -2.52. The van der Waals surface area contributed by atoms with Gasteiger partial charge in [0, 0.05) is 18.7 Å². The third-order valence-corrected chi connectivity index (χ3v) is 3.29. The standard InChI is InChI=1S/C15H28N2O/c1-8-9-17-10-11(14(2,3)4)12(13(18)16-17)15(5,6)7/h8-10H2,1-7H3,(H,16,18). The Morgan fingerprint density at radius 3 is 2.06 bits per heavy atom. The maximum Gasteiger partial charge on any atom is 0.262 e. The van der Waals surface area contributed by atoms with E-state index in [0.717, 1.165) is 25.1 Å². The first-order chi connectivity index (χ1) is 8.07. The minimum Gasteiger partial charge on any atom is -0.285 e. The summed E-state index contributed by atoms with van der Waals surface area (Å²) in [5.41, 5.74) is 5.17. The number of hydrogen-bond donors (Lipinski definition) is 1. The van der Waals surface area contributed by atoms with Crippen LogP contribution in [0.5, 0.6) is 0 Å². The highest BCUT2D eigenvalue weighted by atomic mass is 16.2. The number of amides is 1. The van der Waals surface area contributed by atoms with E-state index >= 15 is 0 Å². The van der Waals surface area contributed by atoms with Gasteiger partial charge in [0.05, 0.1) is 0 Å². The molecule has 1 amide bonds. The van der Waals surface area contributed by atoms with Gasteiger partial charge >= 0.3 is 0 Å². The molecule has 3 nitrogen and oxygen atoms in total. The molecule has 1 heterocycles. The summed E-state index contributed by atoms with van der Waals surface area (Å²) >= 11 is 0. The molecule has 1 rings (SSSR count). The molecule has 0 unspecified atom stereocenters.